The van der Waals surface area contributed by atoms with E-state index >= 15 is 0 Å². The average Bonchev–Trinajstić information content (AvgIpc) is 2.61. The van der Waals surface area contributed by atoms with E-state index in [1.165, 1.54) is 44.2 Å². The van der Waals surface area contributed by atoms with Crippen molar-refractivity contribution in [3.63, 3.8) is 0 Å². The Labute approximate surface area is 156 Å². The second-order valence-electron chi connectivity index (χ2n) is 9.39. The Balaban J connectivity index is 1.14. The molecule has 2 N–H and O–H groups in total. The van der Waals surface area contributed by atoms with Gasteiger partial charge in [-0.3, -0.25) is 0 Å². The molecule has 4 saturated carbocycles. The number of rotatable bonds is 3. The second kappa shape index (κ2) is 6.47. The Morgan fingerprint density at radius 2 is 1.50 bits per heavy atom. The maximum Gasteiger partial charge on any atom is 0.315 e. The summed E-state index contributed by atoms with van der Waals surface area (Å²) in [6.45, 7) is 2.04. The van der Waals surface area contributed by atoms with Crippen molar-refractivity contribution in [1.82, 2.24) is 10.6 Å². The monoisotopic (exact) mass is 353 g/mol. The molecule has 1 aliphatic heterocycles. The molecule has 1 aromatic carbocycles. The Morgan fingerprint density at radius 1 is 0.923 bits per heavy atom. The first-order chi connectivity index (χ1) is 12.7. The van der Waals surface area contributed by atoms with Gasteiger partial charge in [0.1, 0.15) is 0 Å². The van der Waals surface area contributed by atoms with Crippen LogP contribution < -0.4 is 15.5 Å². The highest BCUT2D eigenvalue weighted by atomic mass is 16.2. The standard InChI is InChI=1S/C22H31N3O/c26-21(24-22-13-16-10-17(14-22)12-18(11-16)15-22)23-19-6-8-25(9-7-19)20-4-2-1-3-5-20/h1-5,16-19H,6-15H2,(H2,23,24,26). The van der Waals surface area contributed by atoms with Crippen molar-refractivity contribution in [1.29, 1.82) is 0 Å². The van der Waals surface area contributed by atoms with E-state index in [1.807, 2.05) is 0 Å². The number of urea groups is 1. The first-order valence-electron chi connectivity index (χ1n) is 10.6. The minimum atomic E-state index is 0.0881. The van der Waals surface area contributed by atoms with Crippen LogP contribution in [0.2, 0.25) is 0 Å². The molecule has 0 unspecified atom stereocenters. The van der Waals surface area contributed by atoms with Gasteiger partial charge in [0.05, 0.1) is 0 Å². The van der Waals surface area contributed by atoms with E-state index in [4.69, 9.17) is 0 Å². The number of piperidine rings is 1. The number of carbonyl (C=O) groups is 1. The number of nitrogens with zero attached hydrogens (tertiary/aromatic N) is 1. The largest absolute Gasteiger partial charge is 0.371 e. The van der Waals surface area contributed by atoms with Gasteiger partial charge >= 0.3 is 6.03 Å². The lowest BCUT2D eigenvalue weighted by molar-refractivity contribution is -0.0137. The van der Waals surface area contributed by atoms with Gasteiger partial charge in [0.15, 0.2) is 0 Å². The number of nitrogens with one attached hydrogen (secondary N) is 2. The summed E-state index contributed by atoms with van der Waals surface area (Å²) < 4.78 is 0. The van der Waals surface area contributed by atoms with Crippen molar-refractivity contribution >= 4 is 11.7 Å². The van der Waals surface area contributed by atoms with Gasteiger partial charge in [-0.05, 0) is 81.3 Å². The predicted octanol–water partition coefficient (Wildman–Crippen LogP) is 3.92. The van der Waals surface area contributed by atoms with Crippen LogP contribution in [0.4, 0.5) is 10.5 Å². The molecule has 0 aromatic heterocycles. The third kappa shape index (κ3) is 3.19. The van der Waals surface area contributed by atoms with Crippen molar-refractivity contribution in [2.75, 3.05) is 18.0 Å². The van der Waals surface area contributed by atoms with E-state index in [-0.39, 0.29) is 11.6 Å². The van der Waals surface area contributed by atoms with Crippen LogP contribution >= 0.6 is 0 Å². The maximum atomic E-state index is 12.7. The first-order valence-corrected chi connectivity index (χ1v) is 10.6. The fraction of sp³-hybridized carbons (Fsp3) is 0.682. The van der Waals surface area contributed by atoms with Gasteiger partial charge in [-0.25, -0.2) is 4.79 Å². The third-order valence-electron chi connectivity index (χ3n) is 7.37. The van der Waals surface area contributed by atoms with E-state index in [9.17, 15) is 4.79 Å². The molecule has 4 bridgehead atoms. The zero-order valence-corrected chi connectivity index (χ0v) is 15.6. The van der Waals surface area contributed by atoms with Crippen molar-refractivity contribution in [3.05, 3.63) is 30.3 Å². The molecule has 0 radical (unpaired) electrons. The molecule has 2 amide bonds. The lowest BCUT2D eigenvalue weighted by atomic mass is 9.53. The van der Waals surface area contributed by atoms with Crippen molar-refractivity contribution in [2.24, 2.45) is 17.8 Å². The number of para-hydroxylation sites is 1. The Morgan fingerprint density at radius 3 is 2.08 bits per heavy atom. The Hall–Kier alpha value is -1.71. The van der Waals surface area contributed by atoms with E-state index in [1.54, 1.807) is 0 Å². The highest BCUT2D eigenvalue weighted by Crippen LogP contribution is 2.55. The summed E-state index contributed by atoms with van der Waals surface area (Å²) in [5, 5.41) is 6.74. The molecule has 5 aliphatic rings. The second-order valence-corrected chi connectivity index (χ2v) is 9.39. The number of hydrogen-bond acceptors (Lipinski definition) is 2. The van der Waals surface area contributed by atoms with E-state index in [0.717, 1.165) is 43.7 Å². The molecular weight excluding hydrogens is 322 g/mol. The summed E-state index contributed by atoms with van der Waals surface area (Å²) in [6.07, 6.45) is 9.98. The smallest absolute Gasteiger partial charge is 0.315 e. The summed E-state index contributed by atoms with van der Waals surface area (Å²) in [5.41, 5.74) is 1.41. The molecule has 0 spiro atoms. The number of carbonyl (C=O) groups excluding carboxylic acids is 1. The number of hydrogen-bond donors (Lipinski definition) is 2. The van der Waals surface area contributed by atoms with Gasteiger partial charge < -0.3 is 15.5 Å². The van der Waals surface area contributed by atoms with Gasteiger partial charge in [-0.2, -0.15) is 0 Å². The van der Waals surface area contributed by atoms with Crippen LogP contribution in [0.5, 0.6) is 0 Å². The molecule has 1 aromatic rings. The molecule has 4 aliphatic carbocycles. The lowest BCUT2D eigenvalue weighted by Gasteiger charge is -2.56. The molecule has 4 heteroatoms. The van der Waals surface area contributed by atoms with Crippen molar-refractivity contribution in [3.8, 4) is 0 Å². The fourth-order valence-electron chi connectivity index (χ4n) is 6.65. The Kier molecular flexibility index (Phi) is 4.10. The van der Waals surface area contributed by atoms with Crippen LogP contribution in [0.25, 0.3) is 0 Å². The van der Waals surface area contributed by atoms with Gasteiger partial charge in [0, 0.05) is 30.4 Å². The molecule has 1 heterocycles. The fourth-order valence-corrected chi connectivity index (χ4v) is 6.65. The maximum absolute atomic E-state index is 12.7. The molecule has 4 nitrogen and oxygen atoms in total. The Bertz CT molecular complexity index is 615. The molecule has 26 heavy (non-hydrogen) atoms. The van der Waals surface area contributed by atoms with Crippen LogP contribution in [-0.2, 0) is 0 Å². The van der Waals surface area contributed by atoms with Crippen LogP contribution in [0, 0.1) is 17.8 Å². The molecular formula is C22H31N3O. The van der Waals surface area contributed by atoms with Gasteiger partial charge in [0.2, 0.25) is 0 Å². The number of anilines is 1. The minimum Gasteiger partial charge on any atom is -0.371 e. The van der Waals surface area contributed by atoms with E-state index in [2.05, 4.69) is 45.9 Å². The van der Waals surface area contributed by atoms with Crippen LogP contribution in [0.15, 0.2) is 30.3 Å². The third-order valence-corrected chi connectivity index (χ3v) is 7.37. The van der Waals surface area contributed by atoms with Crippen LogP contribution in [0.1, 0.15) is 51.4 Å². The van der Waals surface area contributed by atoms with Crippen molar-refractivity contribution < 1.29 is 4.79 Å². The summed E-state index contributed by atoms with van der Waals surface area (Å²) in [5.74, 6) is 2.61. The van der Waals surface area contributed by atoms with Gasteiger partial charge in [0.25, 0.3) is 0 Å². The van der Waals surface area contributed by atoms with Crippen molar-refractivity contribution in [2.45, 2.75) is 62.9 Å². The summed E-state index contributed by atoms with van der Waals surface area (Å²) in [6, 6.07) is 11.0. The van der Waals surface area contributed by atoms with E-state index in [0.29, 0.717) is 6.04 Å². The molecule has 140 valence electrons. The quantitative estimate of drug-likeness (QED) is 0.865. The van der Waals surface area contributed by atoms with Crippen LogP contribution in [-0.4, -0.2) is 30.7 Å². The highest BCUT2D eigenvalue weighted by molar-refractivity contribution is 5.75. The predicted molar refractivity (Wildman–Crippen MR) is 104 cm³/mol. The molecule has 1 saturated heterocycles. The van der Waals surface area contributed by atoms with Crippen LogP contribution in [0.3, 0.4) is 0 Å². The minimum absolute atomic E-state index is 0.0881. The molecule has 6 rings (SSSR count). The van der Waals surface area contributed by atoms with E-state index < -0.39 is 0 Å². The average molecular weight is 354 g/mol. The lowest BCUT2D eigenvalue weighted by Crippen LogP contribution is -2.62. The number of amides is 2. The zero-order chi connectivity index (χ0) is 17.6. The normalized spacial score (nSPS) is 36.2. The van der Waals surface area contributed by atoms with Gasteiger partial charge in [-0.1, -0.05) is 18.2 Å². The summed E-state index contributed by atoms with van der Waals surface area (Å²) in [7, 11) is 0. The first kappa shape index (κ1) is 16.5. The zero-order valence-electron chi connectivity index (χ0n) is 15.6. The molecule has 0 atom stereocenters. The topological polar surface area (TPSA) is 44.4 Å². The molecule has 5 fully saturated rings. The highest BCUT2D eigenvalue weighted by Gasteiger charge is 2.51. The summed E-state index contributed by atoms with van der Waals surface area (Å²) in [4.78, 5) is 15.1. The summed E-state index contributed by atoms with van der Waals surface area (Å²) >= 11 is 0. The number of benzene rings is 1. The SMILES string of the molecule is O=C(NC1CCN(c2ccccc2)CC1)NC12CC3CC(CC(C3)C1)C2. The van der Waals surface area contributed by atoms with Gasteiger partial charge in [-0.15, -0.1) is 0 Å².